The summed E-state index contributed by atoms with van der Waals surface area (Å²) in [6.07, 6.45) is 2.82. The number of benzene rings is 3. The van der Waals surface area contributed by atoms with Crippen LogP contribution in [-0.4, -0.2) is 39.7 Å². The van der Waals surface area contributed by atoms with Gasteiger partial charge in [0.1, 0.15) is 11.4 Å². The Kier molecular flexibility index (Phi) is 8.23. The topological polar surface area (TPSA) is 92.4 Å². The van der Waals surface area contributed by atoms with Crippen molar-refractivity contribution in [1.29, 1.82) is 0 Å². The highest BCUT2D eigenvalue weighted by atomic mass is 16.3. The number of hydrogen-bond donors (Lipinski definition) is 2. The van der Waals surface area contributed by atoms with Gasteiger partial charge in [0, 0.05) is 41.2 Å². The summed E-state index contributed by atoms with van der Waals surface area (Å²) in [5.41, 5.74) is 6.36. The monoisotopic (exact) mass is 603 g/mol. The lowest BCUT2D eigenvalue weighted by molar-refractivity contribution is 0.0660. The van der Waals surface area contributed by atoms with E-state index in [0.29, 0.717) is 17.5 Å². The molecule has 1 aliphatic heterocycles. The number of carbonyl (C=O) groups is 2. The molecule has 0 spiro atoms. The second-order valence-electron chi connectivity index (χ2n) is 13.2. The molecule has 0 radical (unpaired) electrons. The molecular weight excluding hydrogens is 562 g/mol. The molecule has 0 aliphatic carbocycles. The molecule has 3 aromatic carbocycles. The van der Waals surface area contributed by atoms with Crippen LogP contribution in [0.3, 0.4) is 0 Å². The lowest BCUT2D eigenvalue weighted by Crippen LogP contribution is -2.39. The smallest absolute Gasteiger partial charge is 0.324 e. The minimum Gasteiger partial charge on any atom is -0.451 e. The van der Waals surface area contributed by atoms with E-state index in [0.717, 1.165) is 71.5 Å². The third kappa shape index (κ3) is 6.65. The molecule has 8 heteroatoms. The maximum Gasteiger partial charge on any atom is 0.324 e. The number of anilines is 2. The van der Waals surface area contributed by atoms with Crippen LogP contribution in [0.2, 0.25) is 0 Å². The first kappa shape index (κ1) is 30.2. The quantitative estimate of drug-likeness (QED) is 0.204. The summed E-state index contributed by atoms with van der Waals surface area (Å²) in [5, 5.41) is 11.7. The Labute approximate surface area is 264 Å². The predicted octanol–water partition coefficient (Wildman–Crippen LogP) is 8.27. The Balaban J connectivity index is 1.04. The van der Waals surface area contributed by atoms with Crippen molar-refractivity contribution in [3.63, 3.8) is 0 Å². The summed E-state index contributed by atoms with van der Waals surface area (Å²) in [4.78, 5) is 28.2. The molecule has 8 nitrogen and oxygen atoms in total. The van der Waals surface area contributed by atoms with Crippen LogP contribution in [0.15, 0.2) is 83.3 Å². The average molecular weight is 604 g/mol. The van der Waals surface area contributed by atoms with Crippen LogP contribution in [-0.2, 0) is 11.8 Å². The normalized spacial score (nSPS) is 14.1. The second kappa shape index (κ2) is 12.3. The number of furan rings is 1. The number of nitrogens with one attached hydrogen (secondary N) is 2. The van der Waals surface area contributed by atoms with Gasteiger partial charge in [-0.2, -0.15) is 5.10 Å². The number of urea groups is 1. The average Bonchev–Trinajstić information content (AvgIpc) is 3.60. The Morgan fingerprint density at radius 1 is 0.911 bits per heavy atom. The first-order chi connectivity index (χ1) is 21.5. The van der Waals surface area contributed by atoms with E-state index < -0.39 is 0 Å². The molecule has 232 valence electrons. The number of hydrogen-bond acceptors (Lipinski definition) is 4. The van der Waals surface area contributed by atoms with Crippen LogP contribution in [0.4, 0.5) is 16.3 Å². The van der Waals surface area contributed by atoms with Crippen LogP contribution in [0, 0.1) is 19.8 Å². The maximum atomic E-state index is 13.2. The van der Waals surface area contributed by atoms with E-state index in [-0.39, 0.29) is 17.4 Å². The van der Waals surface area contributed by atoms with Gasteiger partial charge in [-0.1, -0.05) is 68.8 Å². The Morgan fingerprint density at radius 2 is 1.60 bits per heavy atom. The minimum atomic E-state index is -0.326. The molecule has 2 N–H and O–H groups in total. The molecule has 2 aromatic heterocycles. The summed E-state index contributed by atoms with van der Waals surface area (Å²) in [5.74, 6) is 1.54. The highest BCUT2D eigenvalue weighted by molar-refractivity contribution is 6.00. The first-order valence-corrected chi connectivity index (χ1v) is 15.7. The van der Waals surface area contributed by atoms with Gasteiger partial charge in [-0.05, 0) is 74.9 Å². The Hall–Kier alpha value is -4.85. The van der Waals surface area contributed by atoms with Crippen molar-refractivity contribution in [3.8, 4) is 5.69 Å². The number of rotatable bonds is 6. The molecule has 5 aromatic rings. The van der Waals surface area contributed by atoms with Gasteiger partial charge in [-0.25, -0.2) is 9.48 Å². The molecule has 0 atom stereocenters. The number of fused-ring (bicyclic) bond motifs is 1. The third-order valence-corrected chi connectivity index (χ3v) is 8.67. The second-order valence-corrected chi connectivity index (χ2v) is 13.2. The van der Waals surface area contributed by atoms with Gasteiger partial charge < -0.3 is 14.6 Å². The van der Waals surface area contributed by atoms with E-state index in [9.17, 15) is 9.59 Å². The van der Waals surface area contributed by atoms with Gasteiger partial charge in [0.15, 0.2) is 5.76 Å². The van der Waals surface area contributed by atoms with Crippen molar-refractivity contribution < 1.29 is 14.0 Å². The highest BCUT2D eigenvalue weighted by Crippen LogP contribution is 2.29. The number of nitrogens with zero attached hydrogens (tertiary/aromatic N) is 3. The zero-order valence-electron chi connectivity index (χ0n) is 26.7. The summed E-state index contributed by atoms with van der Waals surface area (Å²) in [6.45, 7) is 11.7. The SMILES string of the molecule is Cc1ccc(-n2nc(C(C)(C)C)cc2NC(=O)Nc2ccc(CC3CCN(C(=O)c4oc5ccccc5c4C)CC3)cc2)cc1. The van der Waals surface area contributed by atoms with Crippen molar-refractivity contribution in [2.45, 2.75) is 59.3 Å². The fraction of sp³-hybridized carbons (Fsp3) is 0.324. The van der Waals surface area contributed by atoms with Crippen molar-refractivity contribution in [2.75, 3.05) is 23.7 Å². The summed E-state index contributed by atoms with van der Waals surface area (Å²) >= 11 is 0. The van der Waals surface area contributed by atoms with E-state index in [4.69, 9.17) is 9.52 Å². The molecule has 0 bridgehead atoms. The van der Waals surface area contributed by atoms with Crippen LogP contribution in [0.25, 0.3) is 16.7 Å². The zero-order valence-corrected chi connectivity index (χ0v) is 26.7. The fourth-order valence-electron chi connectivity index (χ4n) is 5.92. The highest BCUT2D eigenvalue weighted by Gasteiger charge is 2.28. The summed E-state index contributed by atoms with van der Waals surface area (Å²) in [6, 6.07) is 25.5. The van der Waals surface area contributed by atoms with Gasteiger partial charge in [0.2, 0.25) is 0 Å². The molecule has 1 aliphatic rings. The molecule has 1 fully saturated rings. The lowest BCUT2D eigenvalue weighted by atomic mass is 9.90. The molecule has 1 saturated heterocycles. The van der Waals surface area contributed by atoms with Crippen LogP contribution >= 0.6 is 0 Å². The first-order valence-electron chi connectivity index (χ1n) is 15.7. The minimum absolute atomic E-state index is 0.0209. The van der Waals surface area contributed by atoms with E-state index >= 15 is 0 Å². The number of carbonyl (C=O) groups excluding carboxylic acids is 2. The van der Waals surface area contributed by atoms with E-state index in [1.807, 2.05) is 85.5 Å². The van der Waals surface area contributed by atoms with Gasteiger partial charge >= 0.3 is 6.03 Å². The number of piperidine rings is 1. The number of aromatic nitrogens is 2. The molecule has 3 amide bonds. The fourth-order valence-corrected chi connectivity index (χ4v) is 5.92. The van der Waals surface area contributed by atoms with Gasteiger partial charge in [-0.3, -0.25) is 10.1 Å². The van der Waals surface area contributed by atoms with Crippen LogP contribution < -0.4 is 10.6 Å². The molecule has 3 heterocycles. The lowest BCUT2D eigenvalue weighted by Gasteiger charge is -2.31. The van der Waals surface area contributed by atoms with Gasteiger partial charge in [-0.15, -0.1) is 0 Å². The van der Waals surface area contributed by atoms with Crippen molar-refractivity contribution in [2.24, 2.45) is 5.92 Å². The van der Waals surface area contributed by atoms with Crippen molar-refractivity contribution in [3.05, 3.63) is 107 Å². The predicted molar refractivity (Wildman–Crippen MR) is 179 cm³/mol. The van der Waals surface area contributed by atoms with E-state index in [1.54, 1.807) is 4.68 Å². The van der Waals surface area contributed by atoms with E-state index in [2.05, 4.69) is 43.5 Å². The Morgan fingerprint density at radius 3 is 2.27 bits per heavy atom. The molecule has 0 unspecified atom stereocenters. The van der Waals surface area contributed by atoms with Gasteiger partial charge in [0.05, 0.1) is 11.4 Å². The largest absolute Gasteiger partial charge is 0.451 e. The van der Waals surface area contributed by atoms with Crippen molar-refractivity contribution in [1.82, 2.24) is 14.7 Å². The van der Waals surface area contributed by atoms with Crippen molar-refractivity contribution >= 4 is 34.4 Å². The summed E-state index contributed by atoms with van der Waals surface area (Å²) < 4.78 is 7.70. The maximum absolute atomic E-state index is 13.2. The molecule has 0 saturated carbocycles. The standard InChI is InChI=1S/C37H41N5O3/c1-24-10-16-29(17-11-24)42-33(23-32(40-42)37(3,4)5)39-36(44)38-28-14-12-26(13-15-28)22-27-18-20-41(21-19-27)35(43)34-25(2)30-8-6-7-9-31(30)45-34/h6-17,23,27H,18-22H2,1-5H3,(H2,38,39,44). The molecule has 45 heavy (non-hydrogen) atoms. The van der Waals surface area contributed by atoms with Gasteiger partial charge in [0.25, 0.3) is 5.91 Å². The summed E-state index contributed by atoms with van der Waals surface area (Å²) in [7, 11) is 0. The van der Waals surface area contributed by atoms with Crippen LogP contribution in [0.1, 0.15) is 66.6 Å². The molecular formula is C37H41N5O3. The Bertz CT molecular complexity index is 1820. The number of aryl methyl sites for hydroxylation is 2. The number of amides is 3. The number of likely N-dealkylation sites (tertiary alicyclic amines) is 1. The zero-order chi connectivity index (χ0) is 31.7. The molecule has 6 rings (SSSR count). The third-order valence-electron chi connectivity index (χ3n) is 8.67. The number of para-hydroxylation sites is 1. The van der Waals surface area contributed by atoms with Crippen LogP contribution in [0.5, 0.6) is 0 Å². The van der Waals surface area contributed by atoms with E-state index in [1.165, 1.54) is 5.56 Å².